The minimum Gasteiger partial charge on any atom is -0.469 e. The Kier molecular flexibility index (Phi) is 4.22. The van der Waals surface area contributed by atoms with Gasteiger partial charge in [0.2, 0.25) is 0 Å². The Balaban J connectivity index is 2.15. The second-order valence-corrected chi connectivity index (χ2v) is 5.48. The van der Waals surface area contributed by atoms with Gasteiger partial charge in [-0.2, -0.15) is 0 Å². The molecule has 1 unspecified atom stereocenters. The first-order valence-electron chi connectivity index (χ1n) is 6.06. The number of hydrogen-bond acceptors (Lipinski definition) is 4. The zero-order valence-electron chi connectivity index (χ0n) is 10.6. The topological polar surface area (TPSA) is 42.4 Å². The summed E-state index contributed by atoms with van der Waals surface area (Å²) in [6.07, 6.45) is 3.73. The predicted molar refractivity (Wildman–Crippen MR) is 73.6 cm³/mol. The number of halogens is 1. The van der Waals surface area contributed by atoms with Crippen LogP contribution in [-0.4, -0.2) is 31.2 Å². The van der Waals surface area contributed by atoms with Crippen molar-refractivity contribution < 1.29 is 9.53 Å². The lowest BCUT2D eigenvalue weighted by Gasteiger charge is -2.32. The molecule has 0 amide bonds. The number of ether oxygens (including phenoxy) is 1. The summed E-state index contributed by atoms with van der Waals surface area (Å²) in [6, 6.07) is 2.05. The van der Waals surface area contributed by atoms with Crippen LogP contribution in [0.3, 0.4) is 0 Å². The van der Waals surface area contributed by atoms with E-state index in [1.807, 2.05) is 19.2 Å². The van der Waals surface area contributed by atoms with Gasteiger partial charge in [0.25, 0.3) is 0 Å². The number of rotatable bonds is 2. The van der Waals surface area contributed by atoms with Crippen molar-refractivity contribution in [3.8, 4) is 0 Å². The molecule has 2 rings (SSSR count). The van der Waals surface area contributed by atoms with Crippen LogP contribution in [0.15, 0.2) is 16.7 Å². The summed E-state index contributed by atoms with van der Waals surface area (Å²) in [4.78, 5) is 18.2. The van der Waals surface area contributed by atoms with Crippen LogP contribution in [-0.2, 0) is 9.53 Å². The number of anilines is 1. The predicted octanol–water partition coefficient (Wildman–Crippen LogP) is 2.54. The summed E-state index contributed by atoms with van der Waals surface area (Å²) in [7, 11) is 1.45. The first-order valence-corrected chi connectivity index (χ1v) is 6.86. The van der Waals surface area contributed by atoms with Crippen molar-refractivity contribution in [3.05, 3.63) is 22.3 Å². The summed E-state index contributed by atoms with van der Waals surface area (Å²) in [5.41, 5.74) is 1.12. The number of carbonyl (C=O) groups is 1. The molecule has 1 aliphatic heterocycles. The van der Waals surface area contributed by atoms with E-state index in [2.05, 4.69) is 25.8 Å². The van der Waals surface area contributed by atoms with Gasteiger partial charge in [-0.05, 0) is 47.3 Å². The van der Waals surface area contributed by atoms with E-state index >= 15 is 0 Å². The van der Waals surface area contributed by atoms with Crippen molar-refractivity contribution >= 4 is 27.7 Å². The number of pyridine rings is 1. The maximum Gasteiger partial charge on any atom is 0.310 e. The molecule has 0 aromatic carbocycles. The number of methoxy groups -OCH3 is 1. The molecule has 1 saturated heterocycles. The molecule has 4 nitrogen and oxygen atoms in total. The van der Waals surface area contributed by atoms with Crippen molar-refractivity contribution in [2.75, 3.05) is 25.1 Å². The fourth-order valence-electron chi connectivity index (χ4n) is 2.29. The van der Waals surface area contributed by atoms with Crippen LogP contribution >= 0.6 is 15.9 Å². The van der Waals surface area contributed by atoms with E-state index in [1.54, 1.807) is 0 Å². The number of hydrogen-bond donors (Lipinski definition) is 0. The highest BCUT2D eigenvalue weighted by Gasteiger charge is 2.27. The van der Waals surface area contributed by atoms with Crippen LogP contribution in [0, 0.1) is 12.8 Å². The lowest BCUT2D eigenvalue weighted by Crippen LogP contribution is -2.39. The Morgan fingerprint density at radius 3 is 3.06 bits per heavy atom. The van der Waals surface area contributed by atoms with Gasteiger partial charge in [0.15, 0.2) is 0 Å². The molecule has 18 heavy (non-hydrogen) atoms. The molecule has 0 saturated carbocycles. The number of nitrogens with zero attached hydrogens (tertiary/aromatic N) is 2. The van der Waals surface area contributed by atoms with Gasteiger partial charge in [0, 0.05) is 19.3 Å². The molecule has 2 heterocycles. The van der Waals surface area contributed by atoms with Crippen molar-refractivity contribution in [3.63, 3.8) is 0 Å². The molecular weight excluding hydrogens is 296 g/mol. The second kappa shape index (κ2) is 5.69. The van der Waals surface area contributed by atoms with Crippen LogP contribution in [0.1, 0.15) is 18.4 Å². The van der Waals surface area contributed by atoms with Gasteiger partial charge in [-0.15, -0.1) is 0 Å². The Morgan fingerprint density at radius 2 is 2.39 bits per heavy atom. The molecule has 1 aliphatic rings. The van der Waals surface area contributed by atoms with E-state index in [4.69, 9.17) is 4.74 Å². The zero-order chi connectivity index (χ0) is 13.1. The summed E-state index contributed by atoms with van der Waals surface area (Å²) in [5.74, 6) is 0.746. The highest BCUT2D eigenvalue weighted by Crippen LogP contribution is 2.28. The third-order valence-electron chi connectivity index (χ3n) is 3.21. The van der Waals surface area contributed by atoms with Gasteiger partial charge in [-0.3, -0.25) is 4.79 Å². The number of carbonyl (C=O) groups excluding carboxylic acids is 1. The van der Waals surface area contributed by atoms with Crippen molar-refractivity contribution in [1.82, 2.24) is 4.98 Å². The molecule has 5 heteroatoms. The van der Waals surface area contributed by atoms with Gasteiger partial charge in [-0.25, -0.2) is 4.98 Å². The molecule has 0 spiro atoms. The molecule has 0 aliphatic carbocycles. The maximum atomic E-state index is 11.6. The fourth-order valence-corrected chi connectivity index (χ4v) is 3.00. The normalized spacial score (nSPS) is 19.7. The third kappa shape index (κ3) is 2.83. The Morgan fingerprint density at radius 1 is 1.61 bits per heavy atom. The van der Waals surface area contributed by atoms with E-state index in [9.17, 15) is 4.79 Å². The van der Waals surface area contributed by atoms with Crippen LogP contribution < -0.4 is 4.90 Å². The average molecular weight is 313 g/mol. The Labute approximate surface area is 115 Å². The molecule has 0 bridgehead atoms. The van der Waals surface area contributed by atoms with Crippen molar-refractivity contribution in [2.24, 2.45) is 5.92 Å². The Bertz CT molecular complexity index is 451. The van der Waals surface area contributed by atoms with E-state index in [1.165, 1.54) is 7.11 Å². The van der Waals surface area contributed by atoms with E-state index in [-0.39, 0.29) is 11.9 Å². The average Bonchev–Trinajstić information content (AvgIpc) is 2.38. The van der Waals surface area contributed by atoms with Crippen LogP contribution in [0.25, 0.3) is 0 Å². The van der Waals surface area contributed by atoms with Crippen LogP contribution in [0.5, 0.6) is 0 Å². The summed E-state index contributed by atoms with van der Waals surface area (Å²) in [5, 5.41) is 0. The SMILES string of the molecule is COC(=O)C1CCCN(c2ncc(C)cc2Br)C1. The lowest BCUT2D eigenvalue weighted by molar-refractivity contribution is -0.145. The largest absolute Gasteiger partial charge is 0.469 e. The first-order chi connectivity index (χ1) is 8.61. The smallest absolute Gasteiger partial charge is 0.310 e. The highest BCUT2D eigenvalue weighted by atomic mass is 79.9. The van der Waals surface area contributed by atoms with Crippen molar-refractivity contribution in [2.45, 2.75) is 19.8 Å². The molecule has 1 aromatic rings. The van der Waals surface area contributed by atoms with Gasteiger partial charge in [0.1, 0.15) is 5.82 Å². The minimum absolute atomic E-state index is 0.0428. The highest BCUT2D eigenvalue weighted by molar-refractivity contribution is 9.10. The van der Waals surface area contributed by atoms with Crippen molar-refractivity contribution in [1.29, 1.82) is 0 Å². The molecular formula is C13H17BrN2O2. The van der Waals surface area contributed by atoms with E-state index in [0.717, 1.165) is 35.2 Å². The summed E-state index contributed by atoms with van der Waals surface area (Å²) < 4.78 is 5.81. The zero-order valence-corrected chi connectivity index (χ0v) is 12.2. The summed E-state index contributed by atoms with van der Waals surface area (Å²) >= 11 is 3.54. The second-order valence-electron chi connectivity index (χ2n) is 4.63. The van der Waals surface area contributed by atoms with E-state index < -0.39 is 0 Å². The number of piperidine rings is 1. The molecule has 0 N–H and O–H groups in total. The molecule has 1 aromatic heterocycles. The van der Waals surface area contributed by atoms with Gasteiger partial charge in [0.05, 0.1) is 17.5 Å². The van der Waals surface area contributed by atoms with Gasteiger partial charge >= 0.3 is 5.97 Å². The van der Waals surface area contributed by atoms with Gasteiger partial charge in [-0.1, -0.05) is 0 Å². The number of esters is 1. The monoisotopic (exact) mass is 312 g/mol. The maximum absolute atomic E-state index is 11.6. The van der Waals surface area contributed by atoms with Gasteiger partial charge < -0.3 is 9.64 Å². The molecule has 1 atom stereocenters. The molecule has 98 valence electrons. The van der Waals surface area contributed by atoms with Crippen LogP contribution in [0.2, 0.25) is 0 Å². The third-order valence-corrected chi connectivity index (χ3v) is 3.80. The molecule has 0 radical (unpaired) electrons. The standard InChI is InChI=1S/C13H17BrN2O2/c1-9-6-11(14)12(15-7-9)16-5-3-4-10(8-16)13(17)18-2/h6-7,10H,3-5,8H2,1-2H3. The molecule has 1 fully saturated rings. The number of aromatic nitrogens is 1. The quantitative estimate of drug-likeness (QED) is 0.787. The fraction of sp³-hybridized carbons (Fsp3) is 0.538. The Hall–Kier alpha value is -1.10. The minimum atomic E-state index is -0.122. The van der Waals surface area contributed by atoms with E-state index in [0.29, 0.717) is 6.54 Å². The first kappa shape index (κ1) is 13.3. The van der Waals surface area contributed by atoms with Crippen LogP contribution in [0.4, 0.5) is 5.82 Å². The summed E-state index contributed by atoms with van der Waals surface area (Å²) in [6.45, 7) is 3.62. The lowest BCUT2D eigenvalue weighted by atomic mass is 9.98. The number of aryl methyl sites for hydroxylation is 1.